The molecule has 4 nitrogen and oxygen atoms in total. The highest BCUT2D eigenvalue weighted by atomic mass is 32.2. The second-order valence-corrected chi connectivity index (χ2v) is 7.20. The van der Waals surface area contributed by atoms with E-state index in [9.17, 15) is 21.6 Å². The lowest BCUT2D eigenvalue weighted by Crippen LogP contribution is -2.38. The van der Waals surface area contributed by atoms with E-state index in [1.165, 1.54) is 11.4 Å². The summed E-state index contributed by atoms with van der Waals surface area (Å²) < 4.78 is 60.8. The van der Waals surface area contributed by atoms with Crippen LogP contribution in [0.25, 0.3) is 0 Å². The fourth-order valence-corrected chi connectivity index (χ4v) is 3.41. The molecule has 0 aliphatic carbocycles. The molecule has 1 saturated heterocycles. The Morgan fingerprint density at radius 1 is 1.26 bits per heavy atom. The molecule has 8 heteroatoms. The molecule has 0 spiro atoms. The third-order valence-corrected chi connectivity index (χ3v) is 5.21. The number of hydrogen-bond acceptors (Lipinski definition) is 3. The molecule has 0 unspecified atom stereocenters. The molecule has 1 rings (SSSR count). The summed E-state index contributed by atoms with van der Waals surface area (Å²) in [5.74, 6) is -0.141. The average molecular weight is 302 g/mol. The largest absolute Gasteiger partial charge is 0.389 e. The second-order valence-electron chi connectivity index (χ2n) is 5.01. The number of hydrogen-bond donors (Lipinski definition) is 1. The van der Waals surface area contributed by atoms with Crippen molar-refractivity contribution < 1.29 is 21.6 Å². The number of alkyl halides is 3. The van der Waals surface area contributed by atoms with Gasteiger partial charge in [-0.2, -0.15) is 13.2 Å². The van der Waals surface area contributed by atoms with E-state index in [2.05, 4.69) is 5.32 Å². The lowest BCUT2D eigenvalue weighted by atomic mass is 9.98. The van der Waals surface area contributed by atoms with Gasteiger partial charge in [-0.25, -0.2) is 12.7 Å². The smallest absolute Gasteiger partial charge is 0.317 e. The standard InChI is InChI=1S/C11H21F3N2O2S/c1-16(9-10-3-6-15-7-4-10)19(17,18)8-2-5-11(12,13)14/h10,15H,2-9H2,1H3. The molecule has 1 aliphatic heterocycles. The molecule has 0 radical (unpaired) electrons. The molecule has 1 heterocycles. The van der Waals surface area contributed by atoms with Crippen LogP contribution < -0.4 is 5.32 Å². The Balaban J connectivity index is 2.38. The van der Waals surface area contributed by atoms with E-state index in [1.54, 1.807) is 0 Å². The monoisotopic (exact) mass is 302 g/mol. The van der Waals surface area contributed by atoms with Crippen molar-refractivity contribution in [2.75, 3.05) is 32.4 Å². The fourth-order valence-electron chi connectivity index (χ4n) is 2.15. The first-order valence-corrected chi connectivity index (χ1v) is 8.03. The van der Waals surface area contributed by atoms with Crippen LogP contribution in [0.2, 0.25) is 0 Å². The van der Waals surface area contributed by atoms with Crippen LogP contribution in [0.4, 0.5) is 13.2 Å². The van der Waals surface area contributed by atoms with E-state index >= 15 is 0 Å². The molecule has 1 aliphatic rings. The Labute approximate surface area is 112 Å². The first-order valence-electron chi connectivity index (χ1n) is 6.42. The van der Waals surface area contributed by atoms with Gasteiger partial charge in [0.1, 0.15) is 0 Å². The van der Waals surface area contributed by atoms with Crippen LogP contribution in [0.5, 0.6) is 0 Å². The van der Waals surface area contributed by atoms with Gasteiger partial charge in [0.15, 0.2) is 0 Å². The molecule has 0 saturated carbocycles. The maximum absolute atomic E-state index is 12.0. The Hall–Kier alpha value is -0.340. The number of nitrogens with zero attached hydrogens (tertiary/aromatic N) is 1. The van der Waals surface area contributed by atoms with Gasteiger partial charge in [-0.15, -0.1) is 0 Å². The van der Waals surface area contributed by atoms with Crippen molar-refractivity contribution in [1.29, 1.82) is 0 Å². The van der Waals surface area contributed by atoms with Crippen molar-refractivity contribution >= 4 is 10.0 Å². The van der Waals surface area contributed by atoms with Crippen LogP contribution in [0.1, 0.15) is 25.7 Å². The second kappa shape index (κ2) is 6.90. The zero-order chi connectivity index (χ0) is 14.5. The molecule has 1 fully saturated rings. The van der Waals surface area contributed by atoms with Gasteiger partial charge in [-0.3, -0.25) is 0 Å². The molecule has 19 heavy (non-hydrogen) atoms. The zero-order valence-corrected chi connectivity index (χ0v) is 11.9. The number of nitrogens with one attached hydrogen (secondary N) is 1. The Kier molecular flexibility index (Phi) is 6.07. The average Bonchev–Trinajstić information content (AvgIpc) is 2.28. The van der Waals surface area contributed by atoms with E-state index in [1.807, 2.05) is 0 Å². The quantitative estimate of drug-likeness (QED) is 0.810. The van der Waals surface area contributed by atoms with Gasteiger partial charge in [-0.1, -0.05) is 0 Å². The van der Waals surface area contributed by atoms with Gasteiger partial charge in [0.25, 0.3) is 0 Å². The lowest BCUT2D eigenvalue weighted by molar-refractivity contribution is -0.134. The molecule has 114 valence electrons. The van der Waals surface area contributed by atoms with E-state index in [0.29, 0.717) is 12.5 Å². The zero-order valence-electron chi connectivity index (χ0n) is 11.0. The highest BCUT2D eigenvalue weighted by Gasteiger charge is 2.29. The van der Waals surface area contributed by atoms with Crippen molar-refractivity contribution in [3.05, 3.63) is 0 Å². The van der Waals surface area contributed by atoms with Gasteiger partial charge in [0.05, 0.1) is 5.75 Å². The van der Waals surface area contributed by atoms with E-state index in [0.717, 1.165) is 25.9 Å². The molecule has 0 amide bonds. The molecular weight excluding hydrogens is 281 g/mol. The molecule has 0 atom stereocenters. The summed E-state index contributed by atoms with van der Waals surface area (Å²) >= 11 is 0. The summed E-state index contributed by atoms with van der Waals surface area (Å²) in [4.78, 5) is 0. The Bertz CT molecular complexity index is 365. The molecule has 0 bridgehead atoms. The minimum Gasteiger partial charge on any atom is -0.317 e. The molecule has 1 N–H and O–H groups in total. The summed E-state index contributed by atoms with van der Waals surface area (Å²) in [6.07, 6.45) is -3.90. The molecule has 0 aromatic rings. The predicted molar refractivity (Wildman–Crippen MR) is 67.3 cm³/mol. The van der Waals surface area contributed by atoms with E-state index in [-0.39, 0.29) is 6.42 Å². The minimum absolute atomic E-state index is 0.295. The first kappa shape index (κ1) is 16.7. The summed E-state index contributed by atoms with van der Waals surface area (Å²) in [7, 11) is -2.12. The maximum atomic E-state index is 12.0. The molecular formula is C11H21F3N2O2S. The number of piperidine rings is 1. The number of sulfonamides is 1. The predicted octanol–water partition coefficient (Wildman–Crippen LogP) is 1.59. The van der Waals surface area contributed by atoms with Gasteiger partial charge in [0.2, 0.25) is 10.0 Å². The number of halogens is 3. The summed E-state index contributed by atoms with van der Waals surface area (Å²) in [5.41, 5.74) is 0. The van der Waals surface area contributed by atoms with E-state index < -0.39 is 28.4 Å². The Morgan fingerprint density at radius 3 is 2.37 bits per heavy atom. The van der Waals surface area contributed by atoms with Crippen LogP contribution in [-0.4, -0.2) is 51.3 Å². The highest BCUT2D eigenvalue weighted by Crippen LogP contribution is 2.22. The van der Waals surface area contributed by atoms with Crippen molar-refractivity contribution in [2.24, 2.45) is 5.92 Å². The highest BCUT2D eigenvalue weighted by molar-refractivity contribution is 7.89. The summed E-state index contributed by atoms with van der Waals surface area (Å²) in [5, 5.41) is 3.18. The minimum atomic E-state index is -4.29. The van der Waals surface area contributed by atoms with Gasteiger partial charge >= 0.3 is 6.18 Å². The van der Waals surface area contributed by atoms with E-state index in [4.69, 9.17) is 0 Å². The molecule has 0 aromatic heterocycles. The molecule has 0 aromatic carbocycles. The van der Waals surface area contributed by atoms with Crippen molar-refractivity contribution in [3.8, 4) is 0 Å². The van der Waals surface area contributed by atoms with Crippen LogP contribution in [0, 0.1) is 5.92 Å². The normalized spacial score (nSPS) is 19.0. The van der Waals surface area contributed by atoms with Crippen molar-refractivity contribution in [2.45, 2.75) is 31.9 Å². The van der Waals surface area contributed by atoms with Gasteiger partial charge in [-0.05, 0) is 38.3 Å². The first-order chi connectivity index (χ1) is 8.71. The summed E-state index contributed by atoms with van der Waals surface area (Å²) in [6.45, 7) is 2.13. The third kappa shape index (κ3) is 6.58. The van der Waals surface area contributed by atoms with Crippen LogP contribution >= 0.6 is 0 Å². The van der Waals surface area contributed by atoms with Gasteiger partial charge in [0, 0.05) is 20.0 Å². The summed E-state index contributed by atoms with van der Waals surface area (Å²) in [6, 6.07) is 0. The third-order valence-electron chi connectivity index (χ3n) is 3.31. The number of rotatable bonds is 6. The SMILES string of the molecule is CN(CC1CCNCC1)S(=O)(=O)CCCC(F)(F)F. The Morgan fingerprint density at radius 2 is 1.84 bits per heavy atom. The van der Waals surface area contributed by atoms with Crippen molar-refractivity contribution in [3.63, 3.8) is 0 Å². The topological polar surface area (TPSA) is 49.4 Å². The fraction of sp³-hybridized carbons (Fsp3) is 1.00. The van der Waals surface area contributed by atoms with Crippen LogP contribution in [0.3, 0.4) is 0 Å². The van der Waals surface area contributed by atoms with Gasteiger partial charge < -0.3 is 5.32 Å². The van der Waals surface area contributed by atoms with Crippen LogP contribution in [0.15, 0.2) is 0 Å². The van der Waals surface area contributed by atoms with Crippen LogP contribution in [-0.2, 0) is 10.0 Å². The lowest BCUT2D eigenvalue weighted by Gasteiger charge is -2.27. The van der Waals surface area contributed by atoms with Crippen molar-refractivity contribution in [1.82, 2.24) is 9.62 Å². The maximum Gasteiger partial charge on any atom is 0.389 e.